The number of esters is 1. The van der Waals surface area contributed by atoms with E-state index in [1.54, 1.807) is 32.4 Å². The first-order chi connectivity index (χ1) is 13.5. The molecule has 0 spiro atoms. The molecule has 0 fully saturated rings. The van der Waals surface area contributed by atoms with Gasteiger partial charge in [-0.3, -0.25) is 9.69 Å². The second-order valence-electron chi connectivity index (χ2n) is 6.16. The van der Waals surface area contributed by atoms with Crippen LogP contribution < -0.4 is 14.2 Å². The van der Waals surface area contributed by atoms with Crippen LogP contribution >= 0.6 is 0 Å². The molecule has 152 valence electrons. The number of hydrogen-bond donors (Lipinski definition) is 0. The summed E-state index contributed by atoms with van der Waals surface area (Å²) in [5.74, 6) is 1.37. The van der Waals surface area contributed by atoms with Crippen LogP contribution in [0.15, 0.2) is 42.5 Å². The summed E-state index contributed by atoms with van der Waals surface area (Å²) in [6, 6.07) is 11.5. The number of nitrogens with zero attached hydrogens (tertiary/aromatic N) is 1. The van der Waals surface area contributed by atoms with Gasteiger partial charge in [0.25, 0.3) is 0 Å². The quantitative estimate of drug-likeness (QED) is 0.433. The first-order valence-electron chi connectivity index (χ1n) is 8.93. The third kappa shape index (κ3) is 7.08. The topological polar surface area (TPSA) is 57.2 Å². The van der Waals surface area contributed by atoms with Gasteiger partial charge in [0.05, 0.1) is 34.5 Å². The van der Waals surface area contributed by atoms with Crippen LogP contribution in [0.25, 0.3) is 0 Å². The lowest BCUT2D eigenvalue weighted by Crippen LogP contribution is -2.31. The molecule has 2 aromatic rings. The normalized spacial score (nSPS) is 10.6. The molecule has 0 saturated carbocycles. The Morgan fingerprint density at radius 3 is 2.18 bits per heavy atom. The maximum Gasteiger partial charge on any atom is 0.319 e. The average molecular weight is 391 g/mol. The van der Waals surface area contributed by atoms with Crippen LogP contribution in [0.2, 0.25) is 0 Å². The van der Waals surface area contributed by atoms with Gasteiger partial charge in [-0.05, 0) is 48.4 Å². The molecule has 2 rings (SSSR count). The summed E-state index contributed by atoms with van der Waals surface area (Å²) in [5.41, 5.74) is 0.958. The molecule has 7 heteroatoms. The molecular formula is C21H26FNO5. The fraction of sp³-hybridized carbons (Fsp3) is 0.381. The van der Waals surface area contributed by atoms with Gasteiger partial charge < -0.3 is 18.9 Å². The molecule has 0 unspecified atom stereocenters. The van der Waals surface area contributed by atoms with Crippen molar-refractivity contribution in [1.82, 2.24) is 4.90 Å². The van der Waals surface area contributed by atoms with E-state index in [1.165, 1.54) is 19.2 Å². The summed E-state index contributed by atoms with van der Waals surface area (Å²) >= 11 is 0. The Balaban J connectivity index is 1.95. The minimum atomic E-state index is -0.311. The third-order valence-corrected chi connectivity index (χ3v) is 4.10. The van der Waals surface area contributed by atoms with E-state index in [0.29, 0.717) is 43.4 Å². The van der Waals surface area contributed by atoms with Crippen LogP contribution in [0.3, 0.4) is 0 Å². The van der Waals surface area contributed by atoms with Crippen molar-refractivity contribution in [3.05, 3.63) is 53.8 Å². The lowest BCUT2D eigenvalue weighted by atomic mass is 10.1. The van der Waals surface area contributed by atoms with Gasteiger partial charge in [0, 0.05) is 19.2 Å². The lowest BCUT2D eigenvalue weighted by molar-refractivity contribution is -0.142. The summed E-state index contributed by atoms with van der Waals surface area (Å²) in [6.07, 6.45) is 0.690. The number of halogens is 1. The molecule has 0 aromatic heterocycles. The van der Waals surface area contributed by atoms with Crippen molar-refractivity contribution in [2.75, 3.05) is 41.0 Å². The molecular weight excluding hydrogens is 365 g/mol. The summed E-state index contributed by atoms with van der Waals surface area (Å²) in [7, 11) is 4.56. The van der Waals surface area contributed by atoms with Crippen molar-refractivity contribution in [2.45, 2.75) is 13.0 Å². The van der Waals surface area contributed by atoms with Gasteiger partial charge in [-0.15, -0.1) is 0 Å². The maximum atomic E-state index is 12.9. The number of benzene rings is 2. The van der Waals surface area contributed by atoms with Crippen LogP contribution in [0, 0.1) is 5.82 Å². The zero-order valence-corrected chi connectivity index (χ0v) is 16.4. The highest BCUT2D eigenvalue weighted by molar-refractivity contribution is 5.71. The predicted molar refractivity (Wildman–Crippen MR) is 103 cm³/mol. The van der Waals surface area contributed by atoms with E-state index in [2.05, 4.69) is 0 Å². The molecule has 0 amide bonds. The highest BCUT2D eigenvalue weighted by Gasteiger charge is 2.13. The highest BCUT2D eigenvalue weighted by Crippen LogP contribution is 2.23. The second-order valence-corrected chi connectivity index (χ2v) is 6.16. The molecule has 0 aliphatic heterocycles. The molecule has 0 aliphatic carbocycles. The fourth-order valence-corrected chi connectivity index (χ4v) is 2.69. The van der Waals surface area contributed by atoms with E-state index in [-0.39, 0.29) is 18.3 Å². The molecule has 0 aliphatic rings. The summed E-state index contributed by atoms with van der Waals surface area (Å²) < 4.78 is 33.9. The average Bonchev–Trinajstić information content (AvgIpc) is 2.71. The molecule has 0 radical (unpaired) electrons. The van der Waals surface area contributed by atoms with Gasteiger partial charge >= 0.3 is 5.97 Å². The van der Waals surface area contributed by atoms with Gasteiger partial charge in [-0.25, -0.2) is 4.39 Å². The van der Waals surface area contributed by atoms with Gasteiger partial charge in [0.15, 0.2) is 0 Å². The zero-order valence-electron chi connectivity index (χ0n) is 16.4. The van der Waals surface area contributed by atoms with Crippen molar-refractivity contribution in [1.29, 1.82) is 0 Å². The molecule has 0 heterocycles. The summed E-state index contributed by atoms with van der Waals surface area (Å²) in [4.78, 5) is 13.7. The Labute approximate surface area is 164 Å². The monoisotopic (exact) mass is 391 g/mol. The Hall–Kier alpha value is -2.80. The van der Waals surface area contributed by atoms with E-state index in [9.17, 15) is 9.18 Å². The van der Waals surface area contributed by atoms with Crippen molar-refractivity contribution >= 4 is 5.97 Å². The van der Waals surface area contributed by atoms with E-state index in [0.717, 1.165) is 5.56 Å². The Morgan fingerprint density at radius 2 is 1.61 bits per heavy atom. The molecule has 0 bridgehead atoms. The molecule has 6 nitrogen and oxygen atoms in total. The minimum Gasteiger partial charge on any atom is -0.497 e. The highest BCUT2D eigenvalue weighted by atomic mass is 19.1. The van der Waals surface area contributed by atoms with Crippen LogP contribution in [-0.4, -0.2) is 51.9 Å². The Morgan fingerprint density at radius 1 is 0.964 bits per heavy atom. The smallest absolute Gasteiger partial charge is 0.319 e. The minimum absolute atomic E-state index is 0.159. The van der Waals surface area contributed by atoms with E-state index in [4.69, 9.17) is 18.9 Å². The van der Waals surface area contributed by atoms with Crippen LogP contribution in [0.1, 0.15) is 12.0 Å². The van der Waals surface area contributed by atoms with E-state index < -0.39 is 0 Å². The summed E-state index contributed by atoms with van der Waals surface area (Å²) in [6.45, 7) is 1.76. The van der Waals surface area contributed by atoms with Crippen molar-refractivity contribution in [3.8, 4) is 17.2 Å². The van der Waals surface area contributed by atoms with Crippen molar-refractivity contribution < 1.29 is 28.1 Å². The van der Waals surface area contributed by atoms with E-state index in [1.807, 2.05) is 17.0 Å². The van der Waals surface area contributed by atoms with Crippen LogP contribution in [-0.2, 0) is 16.1 Å². The van der Waals surface area contributed by atoms with Crippen molar-refractivity contribution in [2.24, 2.45) is 0 Å². The number of carbonyl (C=O) groups is 1. The van der Waals surface area contributed by atoms with Gasteiger partial charge in [-0.1, -0.05) is 0 Å². The summed E-state index contributed by atoms with van der Waals surface area (Å²) in [5, 5.41) is 0. The number of carbonyl (C=O) groups excluding carboxylic acids is 1. The number of methoxy groups -OCH3 is 3. The standard InChI is InChI=1S/C21H26FNO5/c1-25-19-11-16(12-20(13-19)26-2)14-23(15-21(24)27-3)9-4-10-28-18-7-5-17(22)6-8-18/h5-8,11-13H,4,9-10,14-15H2,1-3H3. The third-order valence-electron chi connectivity index (χ3n) is 4.10. The molecule has 28 heavy (non-hydrogen) atoms. The number of ether oxygens (including phenoxy) is 4. The molecule has 2 aromatic carbocycles. The van der Waals surface area contributed by atoms with Crippen molar-refractivity contribution in [3.63, 3.8) is 0 Å². The van der Waals surface area contributed by atoms with Gasteiger partial charge in [0.1, 0.15) is 23.1 Å². The predicted octanol–water partition coefficient (Wildman–Crippen LogP) is 3.29. The number of rotatable bonds is 11. The zero-order chi connectivity index (χ0) is 20.4. The van der Waals surface area contributed by atoms with Crippen LogP contribution in [0.5, 0.6) is 17.2 Å². The SMILES string of the molecule is COC(=O)CN(CCCOc1ccc(F)cc1)Cc1cc(OC)cc(OC)c1. The molecule has 0 saturated heterocycles. The second kappa shape index (κ2) is 11.1. The van der Waals surface area contributed by atoms with Gasteiger partial charge in [-0.2, -0.15) is 0 Å². The Kier molecular flexibility index (Phi) is 8.55. The lowest BCUT2D eigenvalue weighted by Gasteiger charge is -2.22. The van der Waals surface area contributed by atoms with E-state index >= 15 is 0 Å². The largest absolute Gasteiger partial charge is 0.497 e. The first-order valence-corrected chi connectivity index (χ1v) is 8.93. The Bertz CT molecular complexity index is 729. The number of hydrogen-bond acceptors (Lipinski definition) is 6. The van der Waals surface area contributed by atoms with Crippen LogP contribution in [0.4, 0.5) is 4.39 Å². The van der Waals surface area contributed by atoms with Gasteiger partial charge in [0.2, 0.25) is 0 Å². The molecule has 0 N–H and O–H groups in total. The first kappa shape index (κ1) is 21.5. The maximum absolute atomic E-state index is 12.9. The fourth-order valence-electron chi connectivity index (χ4n) is 2.69. The molecule has 0 atom stereocenters.